The van der Waals surface area contributed by atoms with E-state index < -0.39 is 58.4 Å². The van der Waals surface area contributed by atoms with Gasteiger partial charge < -0.3 is 20.3 Å². The van der Waals surface area contributed by atoms with E-state index in [0.29, 0.717) is 0 Å². The molecular weight excluding hydrogens is 388 g/mol. The third kappa shape index (κ3) is 7.87. The number of carbonyl (C=O) groups excluding carboxylic acids is 1. The zero-order chi connectivity index (χ0) is 20.6. The van der Waals surface area contributed by atoms with E-state index in [9.17, 15) is 31.9 Å². The minimum Gasteiger partial charge on any atom is -0.479 e. The minimum absolute atomic E-state index is 0.0333. The van der Waals surface area contributed by atoms with Crippen molar-refractivity contribution in [2.45, 2.75) is 44.3 Å². The monoisotopic (exact) mass is 409 g/mol. The predicted octanol–water partition coefficient (Wildman–Crippen LogP) is 0.933. The quantitative estimate of drug-likeness (QED) is 0.496. The van der Waals surface area contributed by atoms with Crippen LogP contribution in [0.3, 0.4) is 0 Å². The summed E-state index contributed by atoms with van der Waals surface area (Å²) in [5, 5.41) is 20.5. The summed E-state index contributed by atoms with van der Waals surface area (Å²) in [7, 11) is -3.83. The summed E-state index contributed by atoms with van der Waals surface area (Å²) >= 11 is 0. The molecule has 27 heavy (non-hydrogen) atoms. The van der Waals surface area contributed by atoms with Crippen LogP contribution in [0.1, 0.15) is 25.3 Å². The van der Waals surface area contributed by atoms with Crippen LogP contribution >= 0.6 is 0 Å². The highest BCUT2D eigenvalue weighted by Crippen LogP contribution is 2.22. The first-order valence-corrected chi connectivity index (χ1v) is 9.81. The maximum Gasteiger partial charge on any atom is 0.387 e. The third-order valence-electron chi connectivity index (χ3n) is 3.62. The summed E-state index contributed by atoms with van der Waals surface area (Å²) in [4.78, 5) is 22.6. The molecule has 1 amide bonds. The Morgan fingerprint density at radius 3 is 2.44 bits per heavy atom. The van der Waals surface area contributed by atoms with Crippen LogP contribution in [0.2, 0.25) is 0 Å². The molecule has 152 valence electrons. The van der Waals surface area contributed by atoms with Crippen molar-refractivity contribution in [3.05, 3.63) is 29.8 Å². The van der Waals surface area contributed by atoms with E-state index in [-0.39, 0.29) is 17.7 Å². The van der Waals surface area contributed by atoms with Gasteiger partial charge in [0.1, 0.15) is 5.75 Å². The number of aliphatic hydroxyl groups is 1. The Bertz CT molecular complexity index is 755. The molecule has 1 aromatic carbocycles. The van der Waals surface area contributed by atoms with Crippen LogP contribution in [0.5, 0.6) is 5.75 Å². The van der Waals surface area contributed by atoms with Crippen molar-refractivity contribution < 1.29 is 41.7 Å². The topological polar surface area (TPSA) is 130 Å². The van der Waals surface area contributed by atoms with Crippen molar-refractivity contribution >= 4 is 21.7 Å². The van der Waals surface area contributed by atoms with E-state index in [2.05, 4.69) is 10.1 Å². The first-order chi connectivity index (χ1) is 12.6. The number of nitrogens with one attached hydrogen (secondary N) is 1. The lowest BCUT2D eigenvalue weighted by atomic mass is 10.1. The van der Waals surface area contributed by atoms with Crippen LogP contribution in [0, 0.1) is 0 Å². The molecule has 3 N–H and O–H groups in total. The van der Waals surface area contributed by atoms with Crippen molar-refractivity contribution in [2.75, 3.05) is 5.75 Å². The van der Waals surface area contributed by atoms with Gasteiger partial charge in [0, 0.05) is 12.0 Å². The SMILES string of the molecule is CCC(NC(=O)CCS(=O)(=O)Cc1ccccc1OC(F)F)[C@H](O)C(=O)O. The maximum atomic E-state index is 12.4. The normalized spacial score (nSPS) is 13.8. The average Bonchev–Trinajstić information content (AvgIpc) is 2.58. The Balaban J connectivity index is 2.69. The molecule has 0 bridgehead atoms. The van der Waals surface area contributed by atoms with Crippen molar-refractivity contribution in [1.82, 2.24) is 5.32 Å². The summed E-state index contributed by atoms with van der Waals surface area (Å²) < 4.78 is 53.4. The number of rotatable bonds is 11. The highest BCUT2D eigenvalue weighted by molar-refractivity contribution is 7.90. The van der Waals surface area contributed by atoms with Gasteiger partial charge in [-0.3, -0.25) is 4.79 Å². The molecule has 0 fully saturated rings. The number of alkyl halides is 2. The van der Waals surface area contributed by atoms with E-state index in [1.165, 1.54) is 24.3 Å². The zero-order valence-electron chi connectivity index (χ0n) is 14.5. The van der Waals surface area contributed by atoms with Crippen molar-refractivity contribution in [2.24, 2.45) is 0 Å². The van der Waals surface area contributed by atoms with Crippen LogP contribution in [-0.4, -0.2) is 55.0 Å². The first-order valence-electron chi connectivity index (χ1n) is 7.99. The lowest BCUT2D eigenvalue weighted by Crippen LogP contribution is -2.46. The fraction of sp³-hybridized carbons (Fsp3) is 0.500. The molecule has 8 nitrogen and oxygen atoms in total. The summed E-state index contributed by atoms with van der Waals surface area (Å²) in [6, 6.07) is 4.36. The molecule has 0 aromatic heterocycles. The van der Waals surface area contributed by atoms with Gasteiger partial charge in [0.15, 0.2) is 15.9 Å². The number of hydrogen-bond donors (Lipinski definition) is 3. The van der Waals surface area contributed by atoms with Crippen molar-refractivity contribution in [3.8, 4) is 5.75 Å². The number of hydrogen-bond acceptors (Lipinski definition) is 6. The van der Waals surface area contributed by atoms with E-state index in [0.717, 1.165) is 0 Å². The van der Waals surface area contributed by atoms with Crippen LogP contribution in [0.15, 0.2) is 24.3 Å². The number of carbonyl (C=O) groups is 2. The number of para-hydroxylation sites is 1. The fourth-order valence-corrected chi connectivity index (χ4v) is 3.60. The molecule has 1 unspecified atom stereocenters. The van der Waals surface area contributed by atoms with Gasteiger partial charge in [-0.2, -0.15) is 8.78 Å². The highest BCUT2D eigenvalue weighted by atomic mass is 32.2. The number of sulfone groups is 1. The van der Waals surface area contributed by atoms with Crippen molar-refractivity contribution in [1.29, 1.82) is 0 Å². The van der Waals surface area contributed by atoms with E-state index in [1.807, 2.05) is 0 Å². The van der Waals surface area contributed by atoms with Crippen molar-refractivity contribution in [3.63, 3.8) is 0 Å². The molecule has 11 heteroatoms. The van der Waals surface area contributed by atoms with Gasteiger partial charge >= 0.3 is 12.6 Å². The summed E-state index contributed by atoms with van der Waals surface area (Å²) in [6.07, 6.45) is -2.15. The average molecular weight is 409 g/mol. The minimum atomic E-state index is -3.83. The number of ether oxygens (including phenoxy) is 1. The first kappa shape index (κ1) is 22.8. The molecule has 0 aliphatic carbocycles. The van der Waals surface area contributed by atoms with Gasteiger partial charge in [0.25, 0.3) is 0 Å². The smallest absolute Gasteiger partial charge is 0.387 e. The van der Waals surface area contributed by atoms with Gasteiger partial charge in [-0.05, 0) is 12.5 Å². The molecule has 0 spiro atoms. The number of carboxylic acids is 1. The maximum absolute atomic E-state index is 12.4. The number of halogens is 2. The number of amides is 1. The number of benzene rings is 1. The molecule has 2 atom stereocenters. The summed E-state index contributed by atoms with van der Waals surface area (Å²) in [5.74, 6) is -3.70. The summed E-state index contributed by atoms with van der Waals surface area (Å²) in [5.41, 5.74) is 0.0333. The van der Waals surface area contributed by atoms with E-state index >= 15 is 0 Å². The van der Waals surface area contributed by atoms with Gasteiger partial charge in [0.05, 0.1) is 17.5 Å². The molecular formula is C16H21F2NO7S. The molecule has 0 aliphatic heterocycles. The van der Waals surface area contributed by atoms with Crippen LogP contribution in [-0.2, 0) is 25.2 Å². The fourth-order valence-electron chi connectivity index (χ4n) is 2.25. The van der Waals surface area contributed by atoms with Crippen LogP contribution in [0.25, 0.3) is 0 Å². The number of aliphatic carboxylic acids is 1. The Morgan fingerprint density at radius 2 is 1.89 bits per heavy atom. The lowest BCUT2D eigenvalue weighted by molar-refractivity contribution is -0.148. The molecule has 0 aliphatic rings. The lowest BCUT2D eigenvalue weighted by Gasteiger charge is -2.19. The Hall–Kier alpha value is -2.27. The molecule has 0 radical (unpaired) electrons. The number of aliphatic hydroxyl groups excluding tert-OH is 1. The molecule has 1 rings (SSSR count). The molecule has 0 heterocycles. The highest BCUT2D eigenvalue weighted by Gasteiger charge is 2.26. The molecule has 1 aromatic rings. The van der Waals surface area contributed by atoms with Crippen LogP contribution < -0.4 is 10.1 Å². The Labute approximate surface area is 155 Å². The third-order valence-corrected chi connectivity index (χ3v) is 5.20. The van der Waals surface area contributed by atoms with Gasteiger partial charge in [-0.1, -0.05) is 25.1 Å². The predicted molar refractivity (Wildman–Crippen MR) is 91.0 cm³/mol. The second kappa shape index (κ2) is 10.2. The van der Waals surface area contributed by atoms with Gasteiger partial charge in [-0.25, -0.2) is 13.2 Å². The largest absolute Gasteiger partial charge is 0.479 e. The second-order valence-corrected chi connectivity index (χ2v) is 7.88. The van der Waals surface area contributed by atoms with Crippen LogP contribution in [0.4, 0.5) is 8.78 Å². The molecule has 0 saturated carbocycles. The number of carboxylic acid groups (broad SMARTS) is 1. The molecule has 0 saturated heterocycles. The van der Waals surface area contributed by atoms with E-state index in [4.69, 9.17) is 5.11 Å². The Kier molecular flexibility index (Phi) is 8.57. The standard InChI is InChI=1S/C16H21F2NO7S/c1-2-11(14(21)15(22)23)19-13(20)7-8-27(24,25)9-10-5-3-4-6-12(10)26-16(17)18/h3-6,11,14,16,21H,2,7-9H2,1H3,(H,19,20)(H,22,23)/t11?,14-/m0/s1. The van der Waals surface area contributed by atoms with E-state index in [1.54, 1.807) is 6.92 Å². The summed E-state index contributed by atoms with van der Waals surface area (Å²) in [6.45, 7) is -1.56. The zero-order valence-corrected chi connectivity index (χ0v) is 15.3. The second-order valence-electron chi connectivity index (χ2n) is 5.69. The Morgan fingerprint density at radius 1 is 1.26 bits per heavy atom. The van der Waals surface area contributed by atoms with Gasteiger partial charge in [0.2, 0.25) is 5.91 Å². The van der Waals surface area contributed by atoms with Gasteiger partial charge in [-0.15, -0.1) is 0 Å².